The van der Waals surface area contributed by atoms with Gasteiger partial charge in [-0.25, -0.2) is 9.59 Å². The van der Waals surface area contributed by atoms with Crippen LogP contribution in [0.2, 0.25) is 0 Å². The summed E-state index contributed by atoms with van der Waals surface area (Å²) in [6, 6.07) is 2.50. The summed E-state index contributed by atoms with van der Waals surface area (Å²) < 4.78 is 11.0. The van der Waals surface area contributed by atoms with E-state index >= 15 is 0 Å². The highest BCUT2D eigenvalue weighted by molar-refractivity contribution is 6.72. The Labute approximate surface area is 340 Å². The second-order valence-corrected chi connectivity index (χ2v) is 16.0. The van der Waals surface area contributed by atoms with E-state index < -0.39 is 28.0 Å². The number of hydrogen-bond donors (Lipinski definition) is 0. The molecule has 54 heavy (non-hydrogen) atoms. The van der Waals surface area contributed by atoms with E-state index in [2.05, 4.69) is 13.8 Å². The molecule has 1 rings (SSSR count). The number of hydrogen-bond acceptors (Lipinski definition) is 6. The van der Waals surface area contributed by atoms with Crippen molar-refractivity contribution in [1.29, 1.82) is 0 Å². The number of unbranched alkanes of at least 4 members (excludes halogenated alkanes) is 30. The van der Waals surface area contributed by atoms with Gasteiger partial charge in [-0.05, 0) is 48.2 Å². The van der Waals surface area contributed by atoms with Crippen LogP contribution >= 0.6 is 23.2 Å². The van der Waals surface area contributed by atoms with Gasteiger partial charge in [0.05, 0.1) is 29.9 Å². The zero-order valence-electron chi connectivity index (χ0n) is 34.4. The molecular formula is C46H76Cl2O6. The molecule has 0 aliphatic heterocycles. The van der Waals surface area contributed by atoms with Gasteiger partial charge in [0.1, 0.15) is 0 Å². The maximum atomic E-state index is 13.3. The van der Waals surface area contributed by atoms with Crippen molar-refractivity contribution in [2.24, 2.45) is 0 Å². The van der Waals surface area contributed by atoms with Crippen LogP contribution < -0.4 is 0 Å². The third kappa shape index (κ3) is 25.3. The molecule has 6 nitrogen and oxygen atoms in total. The van der Waals surface area contributed by atoms with Gasteiger partial charge in [-0.1, -0.05) is 206 Å². The fraction of sp³-hybridized carbons (Fsp3) is 0.783. The van der Waals surface area contributed by atoms with Crippen molar-refractivity contribution in [2.75, 3.05) is 13.2 Å². The molecule has 8 heteroatoms. The molecule has 0 radical (unpaired) electrons. The number of carbonyl (C=O) groups excluding carboxylic acids is 4. The van der Waals surface area contributed by atoms with E-state index in [1.54, 1.807) is 0 Å². The Kier molecular flexibility index (Phi) is 32.9. The van der Waals surface area contributed by atoms with E-state index in [4.69, 9.17) is 32.7 Å². The summed E-state index contributed by atoms with van der Waals surface area (Å²) in [4.78, 5) is 50.9. The second-order valence-electron chi connectivity index (χ2n) is 15.3. The number of halogens is 2. The van der Waals surface area contributed by atoms with E-state index in [9.17, 15) is 19.2 Å². The SMILES string of the molecule is CCCCCCCCCCCCCCCCCCOC(=O)c1ccc(C(=O)Cl)c(C(=O)Cl)c1C(=O)OCCCCCCCCCCCCCCCCCC. The molecule has 310 valence electrons. The van der Waals surface area contributed by atoms with Crippen molar-refractivity contribution in [2.45, 2.75) is 219 Å². The van der Waals surface area contributed by atoms with E-state index in [1.165, 1.54) is 166 Å². The molecule has 0 aliphatic rings. The van der Waals surface area contributed by atoms with E-state index in [0.717, 1.165) is 38.5 Å². The van der Waals surface area contributed by atoms with Gasteiger partial charge in [0.15, 0.2) is 0 Å². The molecular weight excluding hydrogens is 719 g/mol. The maximum Gasteiger partial charge on any atom is 0.339 e. The molecule has 0 aliphatic carbocycles. The number of carbonyl (C=O) groups is 4. The summed E-state index contributed by atoms with van der Waals surface area (Å²) in [7, 11) is 0. The first-order chi connectivity index (χ1) is 26.3. The molecule has 0 amide bonds. The van der Waals surface area contributed by atoms with Crippen LogP contribution in [0.1, 0.15) is 261 Å². The fourth-order valence-electron chi connectivity index (χ4n) is 7.13. The van der Waals surface area contributed by atoms with Crippen LogP contribution in [-0.4, -0.2) is 35.6 Å². The monoisotopic (exact) mass is 795 g/mol. The Morgan fingerprint density at radius 2 is 0.648 bits per heavy atom. The highest BCUT2D eigenvalue weighted by atomic mass is 35.5. The van der Waals surface area contributed by atoms with E-state index in [0.29, 0.717) is 12.8 Å². The number of rotatable bonds is 38. The van der Waals surface area contributed by atoms with Gasteiger partial charge in [0.25, 0.3) is 10.5 Å². The zero-order chi connectivity index (χ0) is 39.5. The summed E-state index contributed by atoms with van der Waals surface area (Å²) in [5.41, 5.74) is -1.20. The smallest absolute Gasteiger partial charge is 0.339 e. The van der Waals surface area contributed by atoms with Crippen molar-refractivity contribution in [3.63, 3.8) is 0 Å². The Morgan fingerprint density at radius 3 is 0.944 bits per heavy atom. The minimum atomic E-state index is -1.07. The van der Waals surface area contributed by atoms with Crippen LogP contribution in [0.3, 0.4) is 0 Å². The zero-order valence-corrected chi connectivity index (χ0v) is 35.9. The van der Waals surface area contributed by atoms with Crippen LogP contribution in [-0.2, 0) is 9.47 Å². The minimum absolute atomic E-state index is 0.125. The molecule has 0 aromatic heterocycles. The third-order valence-corrected chi connectivity index (χ3v) is 10.9. The highest BCUT2D eigenvalue weighted by Gasteiger charge is 2.30. The van der Waals surface area contributed by atoms with Gasteiger partial charge in [-0.3, -0.25) is 9.59 Å². The minimum Gasteiger partial charge on any atom is -0.462 e. The third-order valence-electron chi connectivity index (χ3n) is 10.5. The van der Waals surface area contributed by atoms with Gasteiger partial charge >= 0.3 is 11.9 Å². The summed E-state index contributed by atoms with van der Waals surface area (Å²) in [6.07, 6.45) is 39.7. The highest BCUT2D eigenvalue weighted by Crippen LogP contribution is 2.26. The van der Waals surface area contributed by atoms with Crippen LogP contribution in [0.15, 0.2) is 12.1 Å². The molecule has 0 spiro atoms. The summed E-state index contributed by atoms with van der Waals surface area (Å²) >= 11 is 11.5. The molecule has 0 heterocycles. The predicted molar refractivity (Wildman–Crippen MR) is 226 cm³/mol. The van der Waals surface area contributed by atoms with Gasteiger partial charge in [0, 0.05) is 5.56 Å². The Hall–Kier alpha value is -1.92. The molecule has 1 aromatic carbocycles. The van der Waals surface area contributed by atoms with Gasteiger partial charge in [0.2, 0.25) is 0 Å². The van der Waals surface area contributed by atoms with Crippen molar-refractivity contribution in [3.8, 4) is 0 Å². The number of benzene rings is 1. The van der Waals surface area contributed by atoms with Gasteiger partial charge in [-0.15, -0.1) is 0 Å². The molecule has 0 fully saturated rings. The molecule has 0 unspecified atom stereocenters. The standard InChI is InChI=1S/C46H76Cl2O6/c1-3-5-7-9-11-13-15-17-19-21-23-25-27-29-31-33-37-53-45(51)40-36-35-39(43(47)49)41(44(48)50)42(40)46(52)54-38-34-32-30-28-26-24-22-20-18-16-14-12-10-8-6-4-2/h35-36H,3-34,37-38H2,1-2H3. The Morgan fingerprint density at radius 1 is 0.370 bits per heavy atom. The van der Waals surface area contributed by atoms with Crippen LogP contribution in [0.4, 0.5) is 0 Å². The Balaban J connectivity index is 2.35. The van der Waals surface area contributed by atoms with Crippen LogP contribution in [0.25, 0.3) is 0 Å². The van der Waals surface area contributed by atoms with Gasteiger partial charge in [-0.2, -0.15) is 0 Å². The molecule has 0 saturated heterocycles. The van der Waals surface area contributed by atoms with Crippen molar-refractivity contribution in [3.05, 3.63) is 34.4 Å². The van der Waals surface area contributed by atoms with E-state index in [1.807, 2.05) is 0 Å². The molecule has 0 saturated carbocycles. The maximum absolute atomic E-state index is 13.3. The van der Waals surface area contributed by atoms with Crippen LogP contribution in [0.5, 0.6) is 0 Å². The van der Waals surface area contributed by atoms with Crippen molar-refractivity contribution in [1.82, 2.24) is 0 Å². The normalized spacial score (nSPS) is 11.2. The fourth-order valence-corrected chi connectivity index (χ4v) is 7.49. The molecule has 1 aromatic rings. The average molecular weight is 796 g/mol. The lowest BCUT2D eigenvalue weighted by Gasteiger charge is -2.14. The first-order valence-electron chi connectivity index (χ1n) is 22.3. The quantitative estimate of drug-likeness (QED) is 0.0376. The Bertz CT molecular complexity index is 1140. The van der Waals surface area contributed by atoms with E-state index in [-0.39, 0.29) is 29.9 Å². The van der Waals surface area contributed by atoms with Crippen molar-refractivity contribution >= 4 is 45.6 Å². The topological polar surface area (TPSA) is 86.7 Å². The molecule has 0 bridgehead atoms. The average Bonchev–Trinajstić information content (AvgIpc) is 3.16. The number of esters is 2. The lowest BCUT2D eigenvalue weighted by Crippen LogP contribution is -2.20. The summed E-state index contributed by atoms with van der Waals surface area (Å²) in [5, 5.41) is -2.03. The number of ether oxygens (including phenoxy) is 2. The molecule has 0 N–H and O–H groups in total. The lowest BCUT2D eigenvalue weighted by molar-refractivity contribution is 0.0449. The second kappa shape index (κ2) is 35.5. The predicted octanol–water partition coefficient (Wildman–Crippen LogP) is 15.3. The van der Waals surface area contributed by atoms with Gasteiger partial charge < -0.3 is 9.47 Å². The van der Waals surface area contributed by atoms with Crippen molar-refractivity contribution < 1.29 is 28.7 Å². The van der Waals surface area contributed by atoms with Crippen LogP contribution in [0, 0.1) is 0 Å². The molecule has 0 atom stereocenters. The first-order valence-corrected chi connectivity index (χ1v) is 23.0. The summed E-state index contributed by atoms with van der Waals surface area (Å²) in [6.45, 7) is 4.83. The lowest BCUT2D eigenvalue weighted by atomic mass is 9.96. The summed E-state index contributed by atoms with van der Waals surface area (Å²) in [5.74, 6) is -1.66. The first kappa shape index (κ1) is 50.1. The largest absolute Gasteiger partial charge is 0.462 e.